The molecule has 0 atom stereocenters. The van der Waals surface area contributed by atoms with Crippen LogP contribution in [0.25, 0.3) is 0 Å². The lowest BCUT2D eigenvalue weighted by molar-refractivity contribution is 0.211. The number of hydrogen-bond donors (Lipinski definition) is 1. The van der Waals surface area contributed by atoms with Gasteiger partial charge in [0.25, 0.3) is 0 Å². The number of thiocarbonyl (C=S) groups is 1. The lowest BCUT2D eigenvalue weighted by Gasteiger charge is -2.14. The molecular weight excluding hydrogens is 322 g/mol. The number of benzene rings is 2. The van der Waals surface area contributed by atoms with Crippen LogP contribution in [0, 0.1) is 0 Å². The van der Waals surface area contributed by atoms with Gasteiger partial charge in [-0.15, -0.1) is 0 Å². The topological polar surface area (TPSA) is 53.7 Å². The van der Waals surface area contributed by atoms with Crippen LogP contribution in [-0.2, 0) is 6.42 Å². The van der Waals surface area contributed by atoms with Gasteiger partial charge in [-0.1, -0.05) is 43.8 Å². The molecule has 2 aromatic carbocycles. The maximum absolute atomic E-state index is 5.79. The van der Waals surface area contributed by atoms with Gasteiger partial charge in [0.2, 0.25) is 0 Å². The monoisotopic (exact) mass is 345 g/mol. The highest BCUT2D eigenvalue weighted by Gasteiger charge is 2.12. The molecule has 0 aliphatic rings. The number of nitrogens with two attached hydrogens (primary N) is 1. The number of para-hydroxylation sites is 1. The molecule has 2 rings (SSSR count). The minimum Gasteiger partial charge on any atom is -0.493 e. The van der Waals surface area contributed by atoms with Crippen LogP contribution in [0.4, 0.5) is 0 Å². The summed E-state index contributed by atoms with van der Waals surface area (Å²) in [4.78, 5) is 0.274. The van der Waals surface area contributed by atoms with Crippen LogP contribution >= 0.6 is 12.2 Å². The van der Waals surface area contributed by atoms with Gasteiger partial charge >= 0.3 is 0 Å². The maximum atomic E-state index is 5.79. The second kappa shape index (κ2) is 9.13. The van der Waals surface area contributed by atoms with E-state index < -0.39 is 0 Å². The Morgan fingerprint density at radius 2 is 1.75 bits per heavy atom. The van der Waals surface area contributed by atoms with Crippen molar-refractivity contribution in [3.63, 3.8) is 0 Å². The first-order valence-electron chi connectivity index (χ1n) is 7.97. The predicted molar refractivity (Wildman–Crippen MR) is 100 cm³/mol. The molecule has 0 heterocycles. The molecule has 24 heavy (non-hydrogen) atoms. The van der Waals surface area contributed by atoms with Gasteiger partial charge in [-0.25, -0.2) is 0 Å². The Morgan fingerprint density at radius 3 is 2.38 bits per heavy atom. The summed E-state index contributed by atoms with van der Waals surface area (Å²) in [5, 5.41) is 0. The van der Waals surface area contributed by atoms with Crippen molar-refractivity contribution >= 4 is 17.2 Å². The van der Waals surface area contributed by atoms with Crippen LogP contribution in [-0.4, -0.2) is 25.3 Å². The van der Waals surface area contributed by atoms with E-state index in [9.17, 15) is 0 Å². The van der Waals surface area contributed by atoms with Crippen molar-refractivity contribution in [2.45, 2.75) is 19.8 Å². The van der Waals surface area contributed by atoms with Crippen LogP contribution in [0.1, 0.15) is 24.5 Å². The fourth-order valence-electron chi connectivity index (χ4n) is 2.36. The fraction of sp³-hybridized carbons (Fsp3) is 0.316. The summed E-state index contributed by atoms with van der Waals surface area (Å²) in [5.74, 6) is 1.98. The summed E-state index contributed by atoms with van der Waals surface area (Å²) >= 11 is 5.06. The van der Waals surface area contributed by atoms with E-state index in [1.54, 1.807) is 7.11 Å². The lowest BCUT2D eigenvalue weighted by Crippen LogP contribution is -2.15. The van der Waals surface area contributed by atoms with Crippen molar-refractivity contribution in [2.24, 2.45) is 5.73 Å². The van der Waals surface area contributed by atoms with Crippen molar-refractivity contribution in [3.8, 4) is 17.2 Å². The highest BCUT2D eigenvalue weighted by Crippen LogP contribution is 2.31. The summed E-state index contributed by atoms with van der Waals surface area (Å²) in [7, 11) is 1.58. The minimum atomic E-state index is 0.274. The number of aryl methyl sites for hydroxylation is 1. The Kier molecular flexibility index (Phi) is 6.88. The highest BCUT2D eigenvalue weighted by atomic mass is 32.1. The van der Waals surface area contributed by atoms with Crippen LogP contribution in [0.2, 0.25) is 0 Å². The Labute approximate surface area is 148 Å². The fourth-order valence-corrected chi connectivity index (χ4v) is 2.52. The lowest BCUT2D eigenvalue weighted by atomic mass is 10.1. The quantitative estimate of drug-likeness (QED) is 0.554. The molecule has 4 nitrogen and oxygen atoms in total. The summed E-state index contributed by atoms with van der Waals surface area (Å²) in [6.45, 7) is 2.95. The van der Waals surface area contributed by atoms with Crippen molar-refractivity contribution in [3.05, 3.63) is 53.6 Å². The second-order valence-corrected chi connectivity index (χ2v) is 5.73. The van der Waals surface area contributed by atoms with Crippen molar-refractivity contribution in [2.75, 3.05) is 20.3 Å². The normalized spacial score (nSPS) is 10.2. The van der Waals surface area contributed by atoms with Gasteiger partial charge in [-0.05, 0) is 36.2 Å². The van der Waals surface area contributed by atoms with E-state index in [-0.39, 0.29) is 4.99 Å². The van der Waals surface area contributed by atoms with E-state index in [0.29, 0.717) is 30.3 Å². The molecule has 0 unspecified atom stereocenters. The number of rotatable bonds is 9. The zero-order valence-electron chi connectivity index (χ0n) is 14.1. The average Bonchev–Trinajstić information content (AvgIpc) is 2.60. The molecule has 0 aliphatic carbocycles. The SMILES string of the molecule is CCCc1ccc(OCCOc2c(OC)cccc2C(N)=S)cc1. The molecule has 0 saturated heterocycles. The van der Waals surface area contributed by atoms with Gasteiger partial charge in [-0.3, -0.25) is 0 Å². The smallest absolute Gasteiger partial charge is 0.171 e. The van der Waals surface area contributed by atoms with Gasteiger partial charge in [0.15, 0.2) is 11.5 Å². The van der Waals surface area contributed by atoms with Gasteiger partial charge in [-0.2, -0.15) is 0 Å². The molecule has 0 fully saturated rings. The van der Waals surface area contributed by atoms with Crippen LogP contribution in [0.3, 0.4) is 0 Å². The third-order valence-corrected chi connectivity index (χ3v) is 3.74. The van der Waals surface area contributed by atoms with Crippen molar-refractivity contribution in [1.82, 2.24) is 0 Å². The Balaban J connectivity index is 1.91. The van der Waals surface area contributed by atoms with E-state index in [1.807, 2.05) is 30.3 Å². The molecule has 128 valence electrons. The van der Waals surface area contributed by atoms with Gasteiger partial charge in [0.05, 0.1) is 12.7 Å². The third kappa shape index (κ3) is 4.86. The van der Waals surface area contributed by atoms with Gasteiger partial charge < -0.3 is 19.9 Å². The molecule has 0 amide bonds. The standard InChI is InChI=1S/C19H23NO3S/c1-3-5-14-8-10-15(11-9-14)22-12-13-23-18-16(19(20)24)6-4-7-17(18)21-2/h4,6-11H,3,5,12-13H2,1-2H3,(H2,20,24). The van der Waals surface area contributed by atoms with Gasteiger partial charge in [0.1, 0.15) is 24.0 Å². The first-order chi connectivity index (χ1) is 11.7. The molecule has 0 aliphatic heterocycles. The number of hydrogen-bond acceptors (Lipinski definition) is 4. The highest BCUT2D eigenvalue weighted by molar-refractivity contribution is 7.80. The second-order valence-electron chi connectivity index (χ2n) is 5.29. The predicted octanol–water partition coefficient (Wildman–Crippen LogP) is 3.74. The van der Waals surface area contributed by atoms with Crippen LogP contribution < -0.4 is 19.9 Å². The average molecular weight is 345 g/mol. The molecule has 2 aromatic rings. The van der Waals surface area contributed by atoms with Crippen molar-refractivity contribution in [1.29, 1.82) is 0 Å². The molecule has 0 radical (unpaired) electrons. The Bertz CT molecular complexity index is 671. The molecule has 2 N–H and O–H groups in total. The van der Waals surface area contributed by atoms with Crippen LogP contribution in [0.15, 0.2) is 42.5 Å². The minimum absolute atomic E-state index is 0.274. The molecule has 0 spiro atoms. The molecule has 0 aromatic heterocycles. The van der Waals surface area contributed by atoms with E-state index in [2.05, 4.69) is 19.1 Å². The largest absolute Gasteiger partial charge is 0.493 e. The van der Waals surface area contributed by atoms with Crippen molar-refractivity contribution < 1.29 is 14.2 Å². The van der Waals surface area contributed by atoms with Crippen LogP contribution in [0.5, 0.6) is 17.2 Å². The maximum Gasteiger partial charge on any atom is 0.171 e. The first kappa shape index (κ1) is 18.1. The number of ether oxygens (including phenoxy) is 3. The molecule has 0 bridgehead atoms. The molecular formula is C19H23NO3S. The zero-order valence-corrected chi connectivity index (χ0v) is 14.9. The van der Waals surface area contributed by atoms with E-state index in [0.717, 1.165) is 18.6 Å². The third-order valence-electron chi connectivity index (χ3n) is 3.52. The van der Waals surface area contributed by atoms with E-state index in [4.69, 9.17) is 32.2 Å². The Morgan fingerprint density at radius 1 is 1.04 bits per heavy atom. The molecule has 0 saturated carbocycles. The summed E-state index contributed by atoms with van der Waals surface area (Å²) in [5.41, 5.74) is 7.71. The summed E-state index contributed by atoms with van der Waals surface area (Å²) in [6.07, 6.45) is 2.22. The van der Waals surface area contributed by atoms with E-state index in [1.165, 1.54) is 5.56 Å². The first-order valence-corrected chi connectivity index (χ1v) is 8.38. The summed E-state index contributed by atoms with van der Waals surface area (Å²) in [6, 6.07) is 13.6. The zero-order chi connectivity index (χ0) is 17.4. The Hall–Kier alpha value is -2.27. The number of methoxy groups -OCH3 is 1. The van der Waals surface area contributed by atoms with E-state index >= 15 is 0 Å². The summed E-state index contributed by atoms with van der Waals surface area (Å²) < 4.78 is 16.8. The van der Waals surface area contributed by atoms with Gasteiger partial charge in [0, 0.05) is 0 Å². The molecule has 5 heteroatoms.